The molecule has 3 aliphatic carbocycles. The number of carbonyl (C=O) groups is 2. The molecule has 9 heteroatoms. The molecule has 2 amide bonds. The Morgan fingerprint density at radius 3 is 2.18 bits per heavy atom. The summed E-state index contributed by atoms with van der Waals surface area (Å²) >= 11 is 0. The highest BCUT2D eigenvalue weighted by atomic mass is 32.2. The molecule has 1 heterocycles. The molecule has 0 spiro atoms. The van der Waals surface area contributed by atoms with Crippen LogP contribution in [0, 0.1) is 11.8 Å². The number of carbonyl (C=O) groups excluding carboxylic acids is 2. The summed E-state index contributed by atoms with van der Waals surface area (Å²) in [6, 6.07) is 0.633. The van der Waals surface area contributed by atoms with E-state index in [1.54, 1.807) is 0 Å². The van der Waals surface area contributed by atoms with E-state index in [0.717, 1.165) is 83.8 Å². The second-order valence-electron chi connectivity index (χ2n) is 11.0. The molecule has 1 saturated heterocycles. The van der Waals surface area contributed by atoms with Gasteiger partial charge in [-0.1, -0.05) is 0 Å². The lowest BCUT2D eigenvalue weighted by Crippen LogP contribution is -2.51. The predicted octanol–water partition coefficient (Wildman–Crippen LogP) is 2.29. The van der Waals surface area contributed by atoms with Crippen LogP contribution in [0.15, 0.2) is 0 Å². The van der Waals surface area contributed by atoms with Crippen LogP contribution in [0.5, 0.6) is 0 Å². The molecule has 0 aromatic heterocycles. The Morgan fingerprint density at radius 1 is 0.912 bits per heavy atom. The number of likely N-dealkylation sites (N-methyl/N-ethyl adjacent to an activating group) is 1. The fourth-order valence-corrected chi connectivity index (χ4v) is 7.92. The molecule has 4 aliphatic rings. The average molecular weight is 497 g/mol. The number of hydrogen-bond acceptors (Lipinski definition) is 5. The van der Waals surface area contributed by atoms with Crippen molar-refractivity contribution in [1.82, 2.24) is 20.3 Å². The van der Waals surface area contributed by atoms with Crippen LogP contribution in [0.3, 0.4) is 0 Å². The topological polar surface area (TPSA) is 108 Å². The van der Waals surface area contributed by atoms with E-state index >= 15 is 0 Å². The van der Waals surface area contributed by atoms with Gasteiger partial charge in [-0.25, -0.2) is 13.1 Å². The van der Waals surface area contributed by atoms with Gasteiger partial charge in [0, 0.05) is 43.6 Å². The highest BCUT2D eigenvalue weighted by Gasteiger charge is 2.36. The number of rotatable bonds is 9. The third kappa shape index (κ3) is 6.94. The highest BCUT2D eigenvalue weighted by molar-refractivity contribution is 7.90. The fourth-order valence-electron chi connectivity index (χ4n) is 6.14. The molecular weight excluding hydrogens is 452 g/mol. The molecule has 1 aliphatic heterocycles. The summed E-state index contributed by atoms with van der Waals surface area (Å²) in [7, 11) is -3.21. The maximum atomic E-state index is 13.1. The number of amides is 2. The highest BCUT2D eigenvalue weighted by Crippen LogP contribution is 2.32. The molecule has 194 valence electrons. The minimum Gasteiger partial charge on any atom is -0.353 e. The predicted molar refractivity (Wildman–Crippen MR) is 133 cm³/mol. The van der Waals surface area contributed by atoms with Crippen LogP contribution < -0.4 is 15.4 Å². The van der Waals surface area contributed by atoms with Crippen molar-refractivity contribution in [2.45, 2.75) is 114 Å². The van der Waals surface area contributed by atoms with Crippen molar-refractivity contribution in [1.29, 1.82) is 0 Å². The van der Waals surface area contributed by atoms with Crippen LogP contribution >= 0.6 is 0 Å². The van der Waals surface area contributed by atoms with Gasteiger partial charge in [0.2, 0.25) is 21.8 Å². The summed E-state index contributed by atoms with van der Waals surface area (Å²) < 4.78 is 27.7. The number of sulfonamides is 1. The van der Waals surface area contributed by atoms with Crippen molar-refractivity contribution in [3.05, 3.63) is 0 Å². The quantitative estimate of drug-likeness (QED) is 0.454. The zero-order chi connectivity index (χ0) is 24.1. The molecule has 4 fully saturated rings. The summed E-state index contributed by atoms with van der Waals surface area (Å²) in [4.78, 5) is 27.9. The van der Waals surface area contributed by atoms with Gasteiger partial charge in [0.05, 0.1) is 5.25 Å². The Kier molecular flexibility index (Phi) is 8.91. The number of nitrogens with one attached hydrogen (secondary N) is 3. The minimum absolute atomic E-state index is 0.0801. The van der Waals surface area contributed by atoms with E-state index in [4.69, 9.17) is 0 Å². The Balaban J connectivity index is 1.15. The van der Waals surface area contributed by atoms with Crippen molar-refractivity contribution < 1.29 is 18.0 Å². The third-order valence-electron chi connectivity index (χ3n) is 8.39. The van der Waals surface area contributed by atoms with E-state index < -0.39 is 10.0 Å². The summed E-state index contributed by atoms with van der Waals surface area (Å²) in [6.45, 7) is 4.79. The molecule has 0 aromatic carbocycles. The summed E-state index contributed by atoms with van der Waals surface area (Å²) in [5, 5.41) is 6.32. The Labute approximate surface area is 205 Å². The molecule has 4 rings (SSSR count). The second kappa shape index (κ2) is 11.7. The van der Waals surface area contributed by atoms with E-state index in [0.29, 0.717) is 31.2 Å². The summed E-state index contributed by atoms with van der Waals surface area (Å²) in [5.74, 6) is 0.730. The average Bonchev–Trinajstić information content (AvgIpc) is 3.64. The van der Waals surface area contributed by atoms with Gasteiger partial charge in [-0.2, -0.15) is 0 Å². The number of nitrogens with zero attached hydrogens (tertiary/aromatic N) is 1. The first-order valence-electron chi connectivity index (χ1n) is 13.7. The molecule has 3 saturated carbocycles. The lowest BCUT2D eigenvalue weighted by atomic mass is 9.84. The summed E-state index contributed by atoms with van der Waals surface area (Å²) in [5.41, 5.74) is 0. The first-order chi connectivity index (χ1) is 16.4. The Bertz CT molecular complexity index is 794. The second-order valence-corrected chi connectivity index (χ2v) is 13.0. The van der Waals surface area contributed by atoms with Crippen molar-refractivity contribution in [3.8, 4) is 0 Å². The van der Waals surface area contributed by atoms with Gasteiger partial charge >= 0.3 is 0 Å². The van der Waals surface area contributed by atoms with E-state index in [1.807, 2.05) is 0 Å². The maximum absolute atomic E-state index is 13.1. The Hall–Kier alpha value is -1.19. The lowest BCUT2D eigenvalue weighted by molar-refractivity contribution is -0.139. The molecule has 34 heavy (non-hydrogen) atoms. The third-order valence-corrected chi connectivity index (χ3v) is 10.4. The van der Waals surface area contributed by atoms with Gasteiger partial charge in [-0.05, 0) is 96.4 Å². The standard InChI is InChI=1S/C25H44N4O4S/c1-2-29(22-4-3-15-26-17-22)25(31)19-7-9-20(10-8-19)27-24(30)16-18-5-13-23(14-6-18)34(32,33)28-21-11-12-21/h18-23,26,28H,2-17H2,1H3,(H,27,30). The molecule has 3 N–H and O–H groups in total. The molecule has 0 aromatic rings. The largest absolute Gasteiger partial charge is 0.353 e. The van der Waals surface area contributed by atoms with Crippen molar-refractivity contribution >= 4 is 21.8 Å². The van der Waals surface area contributed by atoms with Crippen LogP contribution in [-0.2, 0) is 19.6 Å². The van der Waals surface area contributed by atoms with Crippen LogP contribution in [0.25, 0.3) is 0 Å². The lowest BCUT2D eigenvalue weighted by Gasteiger charge is -2.38. The van der Waals surface area contributed by atoms with Gasteiger partial charge in [0.15, 0.2) is 0 Å². The zero-order valence-electron chi connectivity index (χ0n) is 20.8. The first-order valence-corrected chi connectivity index (χ1v) is 15.2. The van der Waals surface area contributed by atoms with Crippen LogP contribution in [-0.4, -0.2) is 68.1 Å². The minimum atomic E-state index is -3.21. The molecule has 0 bridgehead atoms. The molecule has 1 unspecified atom stereocenters. The molecule has 1 atom stereocenters. The number of hydrogen-bond donors (Lipinski definition) is 3. The molecule has 8 nitrogen and oxygen atoms in total. The normalized spacial score (nSPS) is 32.7. The van der Waals surface area contributed by atoms with E-state index in [1.165, 1.54) is 0 Å². The van der Waals surface area contributed by atoms with Crippen LogP contribution in [0.2, 0.25) is 0 Å². The van der Waals surface area contributed by atoms with Gasteiger partial charge in [-0.3, -0.25) is 9.59 Å². The van der Waals surface area contributed by atoms with E-state index in [-0.39, 0.29) is 35.1 Å². The van der Waals surface area contributed by atoms with Gasteiger partial charge in [0.1, 0.15) is 0 Å². The van der Waals surface area contributed by atoms with Gasteiger partial charge < -0.3 is 15.5 Å². The number of piperidine rings is 1. The monoisotopic (exact) mass is 496 g/mol. The van der Waals surface area contributed by atoms with Gasteiger partial charge in [-0.15, -0.1) is 0 Å². The van der Waals surface area contributed by atoms with Crippen molar-refractivity contribution in [3.63, 3.8) is 0 Å². The molecule has 0 radical (unpaired) electrons. The van der Waals surface area contributed by atoms with Crippen molar-refractivity contribution in [2.24, 2.45) is 11.8 Å². The fraction of sp³-hybridized carbons (Fsp3) is 0.920. The van der Waals surface area contributed by atoms with E-state index in [2.05, 4.69) is 27.2 Å². The first kappa shape index (κ1) is 25.9. The van der Waals surface area contributed by atoms with E-state index in [9.17, 15) is 18.0 Å². The smallest absolute Gasteiger partial charge is 0.225 e. The van der Waals surface area contributed by atoms with Crippen LogP contribution in [0.1, 0.15) is 90.4 Å². The Morgan fingerprint density at radius 2 is 1.59 bits per heavy atom. The molecular formula is C25H44N4O4S. The van der Waals surface area contributed by atoms with Crippen LogP contribution in [0.4, 0.5) is 0 Å². The summed E-state index contributed by atoms with van der Waals surface area (Å²) in [6.07, 6.45) is 10.9. The zero-order valence-corrected chi connectivity index (χ0v) is 21.6. The van der Waals surface area contributed by atoms with Gasteiger partial charge in [0.25, 0.3) is 0 Å². The van der Waals surface area contributed by atoms with Crippen molar-refractivity contribution in [2.75, 3.05) is 19.6 Å². The maximum Gasteiger partial charge on any atom is 0.225 e. The SMILES string of the molecule is CCN(C(=O)C1CCC(NC(=O)CC2CCC(S(=O)(=O)NC3CC3)CC2)CC1)C1CCCNC1.